The number of ether oxygens (including phenoxy) is 1. The number of carbonyl (C=O) groups is 2. The van der Waals surface area contributed by atoms with E-state index < -0.39 is 14.3 Å². The first-order valence-electron chi connectivity index (χ1n) is 10.6. The summed E-state index contributed by atoms with van der Waals surface area (Å²) in [7, 11) is -1.22. The Morgan fingerprint density at radius 3 is 1.94 bits per heavy atom. The van der Waals surface area contributed by atoms with Crippen LogP contribution >= 0.6 is 0 Å². The number of carbonyl (C=O) groups excluding carboxylic acids is 2. The maximum Gasteiger partial charge on any atom is 0.305 e. The molecule has 31 heavy (non-hydrogen) atoms. The molecule has 0 aliphatic heterocycles. The SMILES string of the molecule is COC(=O)CCC(=O)C#CCCCO[Si](c1ccccc1)(c1ccccc1)C(C)(C)C. The second kappa shape index (κ2) is 11.6. The number of rotatable bonds is 9. The lowest BCUT2D eigenvalue weighted by Gasteiger charge is -2.43. The van der Waals surface area contributed by atoms with Gasteiger partial charge in [-0.05, 0) is 27.8 Å². The standard InChI is InChI=1S/C26H32O4Si/c1-26(2,3)31(23-15-9-5-10-16-23,24-17-11-6-12-18-24)30-21-13-7-8-14-22(27)19-20-25(28)29-4/h5-6,9-12,15-18H,7,13,19-21H2,1-4H3. The number of ketones is 1. The normalized spacial score (nSPS) is 11.4. The molecule has 2 rings (SSSR count). The van der Waals surface area contributed by atoms with E-state index in [1.807, 2.05) is 12.1 Å². The zero-order valence-corrected chi connectivity index (χ0v) is 19.9. The van der Waals surface area contributed by atoms with Crippen LogP contribution in [0.5, 0.6) is 0 Å². The molecule has 0 saturated heterocycles. The molecule has 0 heterocycles. The van der Waals surface area contributed by atoms with E-state index in [-0.39, 0.29) is 23.7 Å². The summed E-state index contributed by atoms with van der Waals surface area (Å²) in [4.78, 5) is 22.9. The van der Waals surface area contributed by atoms with Crippen LogP contribution in [0.4, 0.5) is 0 Å². The second-order valence-corrected chi connectivity index (χ2v) is 12.7. The first-order chi connectivity index (χ1) is 14.8. The summed E-state index contributed by atoms with van der Waals surface area (Å²) in [6.45, 7) is 7.31. The van der Waals surface area contributed by atoms with Gasteiger partial charge in [0.2, 0.25) is 5.78 Å². The van der Waals surface area contributed by atoms with E-state index in [1.54, 1.807) is 0 Å². The molecule has 0 unspecified atom stereocenters. The highest BCUT2D eigenvalue weighted by atomic mass is 28.4. The van der Waals surface area contributed by atoms with Gasteiger partial charge < -0.3 is 9.16 Å². The molecular formula is C26H32O4Si. The molecule has 0 spiro atoms. The van der Waals surface area contributed by atoms with Crippen molar-refractivity contribution in [2.24, 2.45) is 0 Å². The third-order valence-corrected chi connectivity index (χ3v) is 10.2. The molecule has 0 N–H and O–H groups in total. The molecule has 0 radical (unpaired) electrons. The number of hydrogen-bond donors (Lipinski definition) is 0. The van der Waals surface area contributed by atoms with E-state index in [1.165, 1.54) is 17.5 Å². The lowest BCUT2D eigenvalue weighted by atomic mass is 10.2. The minimum Gasteiger partial charge on any atom is -0.469 e. The van der Waals surface area contributed by atoms with Crippen molar-refractivity contribution in [2.75, 3.05) is 13.7 Å². The molecule has 0 amide bonds. The van der Waals surface area contributed by atoms with Crippen molar-refractivity contribution in [3.63, 3.8) is 0 Å². The van der Waals surface area contributed by atoms with E-state index in [0.29, 0.717) is 13.0 Å². The Morgan fingerprint density at radius 1 is 0.903 bits per heavy atom. The summed E-state index contributed by atoms with van der Waals surface area (Å²) < 4.78 is 11.3. The Morgan fingerprint density at radius 2 is 1.45 bits per heavy atom. The minimum atomic E-state index is -2.53. The average Bonchev–Trinajstić information content (AvgIpc) is 2.77. The summed E-state index contributed by atoms with van der Waals surface area (Å²) in [6, 6.07) is 21.0. The molecular weight excluding hydrogens is 404 g/mol. The molecule has 164 valence electrons. The Balaban J connectivity index is 2.10. The van der Waals surface area contributed by atoms with Crippen LogP contribution in [0, 0.1) is 11.8 Å². The zero-order valence-electron chi connectivity index (χ0n) is 18.9. The molecule has 0 bridgehead atoms. The van der Waals surface area contributed by atoms with Gasteiger partial charge in [0.1, 0.15) is 0 Å². The summed E-state index contributed by atoms with van der Waals surface area (Å²) in [5.74, 6) is 4.90. The summed E-state index contributed by atoms with van der Waals surface area (Å²) in [6.07, 6.45) is 1.48. The van der Waals surface area contributed by atoms with E-state index >= 15 is 0 Å². The van der Waals surface area contributed by atoms with Gasteiger partial charge in [-0.15, -0.1) is 0 Å². The highest BCUT2D eigenvalue weighted by molar-refractivity contribution is 6.99. The fourth-order valence-electron chi connectivity index (χ4n) is 3.69. The van der Waals surface area contributed by atoms with E-state index in [9.17, 15) is 9.59 Å². The maximum absolute atomic E-state index is 11.8. The van der Waals surface area contributed by atoms with Gasteiger partial charge in [0.25, 0.3) is 8.32 Å². The van der Waals surface area contributed by atoms with Gasteiger partial charge in [0.05, 0.1) is 13.5 Å². The van der Waals surface area contributed by atoms with Crippen LogP contribution in [0.15, 0.2) is 60.7 Å². The van der Waals surface area contributed by atoms with Crippen LogP contribution in [-0.4, -0.2) is 33.8 Å². The topological polar surface area (TPSA) is 52.6 Å². The quantitative estimate of drug-likeness (QED) is 0.197. The number of methoxy groups -OCH3 is 1. The van der Waals surface area contributed by atoms with Gasteiger partial charge in [-0.1, -0.05) is 87.4 Å². The molecule has 0 fully saturated rings. The van der Waals surface area contributed by atoms with Crippen molar-refractivity contribution in [2.45, 2.75) is 51.5 Å². The first kappa shape index (κ1) is 24.6. The number of unbranched alkanes of at least 4 members (excludes halogenated alkanes) is 1. The molecule has 0 aliphatic carbocycles. The molecule has 0 atom stereocenters. The highest BCUT2D eigenvalue weighted by Crippen LogP contribution is 2.36. The summed E-state index contributed by atoms with van der Waals surface area (Å²) in [5, 5.41) is 2.43. The predicted molar refractivity (Wildman–Crippen MR) is 127 cm³/mol. The van der Waals surface area contributed by atoms with Crippen LogP contribution in [0.2, 0.25) is 5.04 Å². The van der Waals surface area contributed by atoms with Gasteiger partial charge in [0, 0.05) is 19.4 Å². The van der Waals surface area contributed by atoms with Gasteiger partial charge in [-0.2, -0.15) is 0 Å². The highest BCUT2D eigenvalue weighted by Gasteiger charge is 2.49. The number of hydrogen-bond acceptors (Lipinski definition) is 4. The van der Waals surface area contributed by atoms with Crippen LogP contribution in [0.25, 0.3) is 0 Å². The van der Waals surface area contributed by atoms with Crippen molar-refractivity contribution in [3.8, 4) is 11.8 Å². The third kappa shape index (κ3) is 6.65. The average molecular weight is 437 g/mol. The lowest BCUT2D eigenvalue weighted by molar-refractivity contribution is -0.141. The van der Waals surface area contributed by atoms with Gasteiger partial charge in [-0.25, -0.2) is 0 Å². The monoisotopic (exact) mass is 436 g/mol. The largest absolute Gasteiger partial charge is 0.469 e. The minimum absolute atomic E-state index is 0.0642. The molecule has 0 saturated carbocycles. The van der Waals surface area contributed by atoms with E-state index in [0.717, 1.165) is 6.42 Å². The molecule has 2 aromatic carbocycles. The van der Waals surface area contributed by atoms with Gasteiger partial charge in [-0.3, -0.25) is 9.59 Å². The third-order valence-electron chi connectivity index (χ3n) is 5.19. The van der Waals surface area contributed by atoms with Crippen LogP contribution in [0.3, 0.4) is 0 Å². The molecule has 5 heteroatoms. The maximum atomic E-state index is 11.8. The number of esters is 1. The van der Waals surface area contributed by atoms with Crippen molar-refractivity contribution in [1.29, 1.82) is 0 Å². The zero-order chi connectivity index (χ0) is 22.7. The summed E-state index contributed by atoms with van der Waals surface area (Å²) in [5.41, 5.74) is 0. The van der Waals surface area contributed by atoms with E-state index in [2.05, 4.69) is 85.9 Å². The van der Waals surface area contributed by atoms with Gasteiger partial charge in [0.15, 0.2) is 0 Å². The van der Waals surface area contributed by atoms with Crippen LogP contribution in [-0.2, 0) is 18.8 Å². The summed E-state index contributed by atoms with van der Waals surface area (Å²) >= 11 is 0. The van der Waals surface area contributed by atoms with Gasteiger partial charge >= 0.3 is 5.97 Å². The molecule has 0 aromatic heterocycles. The number of benzene rings is 2. The smallest absolute Gasteiger partial charge is 0.305 e. The predicted octanol–water partition coefficient (Wildman–Crippen LogP) is 3.87. The molecule has 4 nitrogen and oxygen atoms in total. The lowest BCUT2D eigenvalue weighted by Crippen LogP contribution is -2.66. The second-order valence-electron chi connectivity index (χ2n) is 8.42. The van der Waals surface area contributed by atoms with Crippen molar-refractivity contribution in [3.05, 3.63) is 60.7 Å². The Labute approximate surface area is 187 Å². The van der Waals surface area contributed by atoms with Crippen LogP contribution < -0.4 is 10.4 Å². The Kier molecular flexibility index (Phi) is 9.23. The van der Waals surface area contributed by atoms with Crippen molar-refractivity contribution >= 4 is 30.4 Å². The first-order valence-corrected chi connectivity index (χ1v) is 12.6. The molecule has 2 aromatic rings. The van der Waals surface area contributed by atoms with E-state index in [4.69, 9.17) is 4.43 Å². The molecule has 0 aliphatic rings. The fourth-order valence-corrected chi connectivity index (χ4v) is 8.29. The van der Waals surface area contributed by atoms with Crippen molar-refractivity contribution < 1.29 is 18.8 Å². The van der Waals surface area contributed by atoms with Crippen LogP contribution in [0.1, 0.15) is 46.5 Å². The number of Topliss-reactive ketones (excluding diaryl/α,β-unsaturated/α-hetero) is 1. The van der Waals surface area contributed by atoms with Crippen molar-refractivity contribution in [1.82, 2.24) is 0 Å². The fraction of sp³-hybridized carbons (Fsp3) is 0.385. The Bertz CT molecular complexity index is 866. The Hall–Kier alpha value is -2.68.